The van der Waals surface area contributed by atoms with E-state index in [1.807, 2.05) is 0 Å². The van der Waals surface area contributed by atoms with Gasteiger partial charge in [0.2, 0.25) is 0 Å². The van der Waals surface area contributed by atoms with Gasteiger partial charge in [-0.25, -0.2) is 8.37 Å². The van der Waals surface area contributed by atoms with Crippen LogP contribution in [0.15, 0.2) is 0 Å². The standard InChI is InChI=1S/C10H22O4S.Na.H/c1-3-5-7-9-13-15(11,12)14-10-8-6-4-2;;/h3-10H2,1-2H3;;. The van der Waals surface area contributed by atoms with E-state index >= 15 is 0 Å². The van der Waals surface area contributed by atoms with Gasteiger partial charge >= 0.3 is 40.0 Å². The number of unbranched alkanes of at least 4 members (excludes halogenated alkanes) is 4. The van der Waals surface area contributed by atoms with Crippen LogP contribution in [0.1, 0.15) is 52.4 Å². The topological polar surface area (TPSA) is 52.6 Å². The van der Waals surface area contributed by atoms with Crippen LogP contribution in [0, 0.1) is 0 Å². The summed E-state index contributed by atoms with van der Waals surface area (Å²) in [6, 6.07) is 0. The molecule has 6 heteroatoms. The summed E-state index contributed by atoms with van der Waals surface area (Å²) in [7, 11) is -3.74. The van der Waals surface area contributed by atoms with Crippen molar-refractivity contribution in [2.24, 2.45) is 0 Å². The zero-order chi connectivity index (χ0) is 11.6. The zero-order valence-electron chi connectivity index (χ0n) is 9.70. The molecule has 0 N–H and O–H groups in total. The van der Waals surface area contributed by atoms with E-state index in [2.05, 4.69) is 22.2 Å². The van der Waals surface area contributed by atoms with Crippen molar-refractivity contribution < 1.29 is 16.8 Å². The second kappa shape index (κ2) is 12.3. The van der Waals surface area contributed by atoms with Crippen molar-refractivity contribution in [3.8, 4) is 0 Å². The summed E-state index contributed by atoms with van der Waals surface area (Å²) in [6.07, 6.45) is 5.56. The van der Waals surface area contributed by atoms with E-state index in [1.54, 1.807) is 0 Å². The zero-order valence-corrected chi connectivity index (χ0v) is 10.5. The van der Waals surface area contributed by atoms with Gasteiger partial charge < -0.3 is 0 Å². The molecule has 94 valence electrons. The summed E-state index contributed by atoms with van der Waals surface area (Å²) in [5.41, 5.74) is 0. The maximum absolute atomic E-state index is 11.1. The Morgan fingerprint density at radius 2 is 1.19 bits per heavy atom. The Hall–Kier alpha value is 0.870. The van der Waals surface area contributed by atoms with Gasteiger partial charge in [0, 0.05) is 0 Å². The Morgan fingerprint density at radius 3 is 1.50 bits per heavy atom. The molecule has 0 rings (SSSR count). The Kier molecular flexibility index (Phi) is 14.8. The average molecular weight is 262 g/mol. The second-order valence-electron chi connectivity index (χ2n) is 3.47. The van der Waals surface area contributed by atoms with E-state index in [-0.39, 0.29) is 42.8 Å². The molecule has 0 aliphatic heterocycles. The van der Waals surface area contributed by atoms with Gasteiger partial charge in [-0.2, -0.15) is 8.42 Å². The Balaban J connectivity index is 0. The SMILES string of the molecule is CCCCCOS(=O)(=O)OCCCCC.[NaH]. The first-order valence-electron chi connectivity index (χ1n) is 5.66. The first-order chi connectivity index (χ1) is 7.12. The fourth-order valence-electron chi connectivity index (χ4n) is 1.06. The van der Waals surface area contributed by atoms with Crippen molar-refractivity contribution in [1.29, 1.82) is 0 Å². The number of hydrogen-bond acceptors (Lipinski definition) is 4. The van der Waals surface area contributed by atoms with Crippen molar-refractivity contribution in [2.75, 3.05) is 13.2 Å². The molecule has 0 aromatic heterocycles. The van der Waals surface area contributed by atoms with Crippen LogP contribution < -0.4 is 0 Å². The molecule has 0 atom stereocenters. The molecular weight excluding hydrogens is 239 g/mol. The molecule has 0 aliphatic rings. The van der Waals surface area contributed by atoms with Crippen LogP contribution in [-0.4, -0.2) is 51.2 Å². The number of rotatable bonds is 10. The fourth-order valence-corrected chi connectivity index (χ4v) is 1.77. The van der Waals surface area contributed by atoms with E-state index in [0.717, 1.165) is 38.5 Å². The summed E-state index contributed by atoms with van der Waals surface area (Å²) >= 11 is 0. The summed E-state index contributed by atoms with van der Waals surface area (Å²) in [5, 5.41) is 0. The van der Waals surface area contributed by atoms with Gasteiger partial charge in [-0.3, -0.25) is 0 Å². The van der Waals surface area contributed by atoms with Crippen LogP contribution >= 0.6 is 0 Å². The molecule has 0 bridgehead atoms. The molecule has 0 spiro atoms. The fraction of sp³-hybridized carbons (Fsp3) is 1.00. The summed E-state index contributed by atoms with van der Waals surface area (Å²) in [4.78, 5) is 0. The predicted octanol–water partition coefficient (Wildman–Crippen LogP) is 2.00. The van der Waals surface area contributed by atoms with E-state index in [9.17, 15) is 8.42 Å². The maximum atomic E-state index is 11.1. The van der Waals surface area contributed by atoms with Crippen LogP contribution in [0.4, 0.5) is 0 Å². The average Bonchev–Trinajstić information content (AvgIpc) is 2.20. The molecule has 0 fully saturated rings. The minimum atomic E-state index is -3.74. The van der Waals surface area contributed by atoms with Gasteiger partial charge in [0.25, 0.3) is 0 Å². The van der Waals surface area contributed by atoms with Gasteiger partial charge in [0.15, 0.2) is 0 Å². The van der Waals surface area contributed by atoms with Gasteiger partial charge in [0.05, 0.1) is 13.2 Å². The summed E-state index contributed by atoms with van der Waals surface area (Å²) in [6.45, 7) is 4.55. The Bertz CT molecular complexity index is 211. The summed E-state index contributed by atoms with van der Waals surface area (Å²) in [5.74, 6) is 0. The molecule has 16 heavy (non-hydrogen) atoms. The Morgan fingerprint density at radius 1 is 0.812 bits per heavy atom. The molecular formula is C10H23NaO4S. The second-order valence-corrected chi connectivity index (χ2v) is 4.75. The predicted molar refractivity (Wildman–Crippen MR) is 67.0 cm³/mol. The van der Waals surface area contributed by atoms with Crippen LogP contribution in [0.5, 0.6) is 0 Å². The van der Waals surface area contributed by atoms with E-state index in [1.165, 1.54) is 0 Å². The monoisotopic (exact) mass is 262 g/mol. The molecule has 0 amide bonds. The van der Waals surface area contributed by atoms with Gasteiger partial charge in [-0.15, -0.1) is 0 Å². The van der Waals surface area contributed by atoms with Crippen LogP contribution in [-0.2, 0) is 18.8 Å². The van der Waals surface area contributed by atoms with Crippen molar-refractivity contribution in [3.63, 3.8) is 0 Å². The van der Waals surface area contributed by atoms with Crippen molar-refractivity contribution >= 4 is 40.0 Å². The molecule has 0 aromatic carbocycles. The van der Waals surface area contributed by atoms with Gasteiger partial charge in [0.1, 0.15) is 0 Å². The normalized spacial score (nSPS) is 11.1. The van der Waals surface area contributed by atoms with Gasteiger partial charge in [-0.05, 0) is 12.8 Å². The molecule has 0 aromatic rings. The van der Waals surface area contributed by atoms with E-state index in [0.29, 0.717) is 0 Å². The summed E-state index contributed by atoms with van der Waals surface area (Å²) < 4.78 is 31.5. The third-order valence-corrected chi connectivity index (χ3v) is 2.86. The number of hydrogen-bond donors (Lipinski definition) is 0. The Labute approximate surface area is 122 Å². The molecule has 0 unspecified atom stereocenters. The van der Waals surface area contributed by atoms with Crippen LogP contribution in [0.2, 0.25) is 0 Å². The first-order valence-corrected chi connectivity index (χ1v) is 6.99. The van der Waals surface area contributed by atoms with Crippen molar-refractivity contribution in [2.45, 2.75) is 52.4 Å². The third kappa shape index (κ3) is 12.9. The van der Waals surface area contributed by atoms with Crippen LogP contribution in [0.3, 0.4) is 0 Å². The molecule has 0 heterocycles. The van der Waals surface area contributed by atoms with Crippen LogP contribution in [0.25, 0.3) is 0 Å². The van der Waals surface area contributed by atoms with Crippen molar-refractivity contribution in [3.05, 3.63) is 0 Å². The quantitative estimate of drug-likeness (QED) is 0.446. The van der Waals surface area contributed by atoms with E-state index < -0.39 is 10.4 Å². The molecule has 0 saturated heterocycles. The first kappa shape index (κ1) is 19.2. The molecule has 0 aliphatic carbocycles. The van der Waals surface area contributed by atoms with Crippen molar-refractivity contribution in [1.82, 2.24) is 0 Å². The minimum absolute atomic E-state index is 0. The third-order valence-electron chi connectivity index (χ3n) is 1.95. The molecule has 0 saturated carbocycles. The van der Waals surface area contributed by atoms with E-state index in [4.69, 9.17) is 0 Å². The van der Waals surface area contributed by atoms with Gasteiger partial charge in [-0.1, -0.05) is 39.5 Å². The molecule has 0 radical (unpaired) electrons. The molecule has 4 nitrogen and oxygen atoms in total.